The Hall–Kier alpha value is -2.17. The van der Waals surface area contributed by atoms with E-state index in [2.05, 4.69) is 36.1 Å². The lowest BCUT2D eigenvalue weighted by Crippen LogP contribution is -2.37. The minimum atomic E-state index is 0.254. The summed E-state index contributed by atoms with van der Waals surface area (Å²) in [7, 11) is 0. The Balaban J connectivity index is 1.43. The molecule has 28 heavy (non-hydrogen) atoms. The molecule has 3 rings (SSSR count). The van der Waals surface area contributed by atoms with E-state index in [4.69, 9.17) is 4.52 Å². The van der Waals surface area contributed by atoms with Crippen LogP contribution in [0, 0.1) is 6.92 Å². The Morgan fingerprint density at radius 1 is 1.07 bits per heavy atom. The van der Waals surface area contributed by atoms with Gasteiger partial charge in [0.1, 0.15) is 0 Å². The molecule has 1 fully saturated rings. The quantitative estimate of drug-likeness (QED) is 0.536. The minimum Gasteiger partial charge on any atom is -0.343 e. The normalized spacial score (nSPS) is 15.1. The average molecular weight is 384 g/mol. The first kappa shape index (κ1) is 20.6. The first-order chi connectivity index (χ1) is 13.7. The Labute approximate surface area is 168 Å². The molecule has 0 aliphatic carbocycles. The number of aryl methyl sites for hydroxylation is 1. The van der Waals surface area contributed by atoms with Crippen LogP contribution in [0.3, 0.4) is 0 Å². The fraction of sp³-hybridized carbons (Fsp3) is 0.609. The summed E-state index contributed by atoms with van der Waals surface area (Å²) < 4.78 is 5.53. The van der Waals surface area contributed by atoms with Gasteiger partial charge in [0, 0.05) is 31.0 Å². The second kappa shape index (κ2) is 10.4. The van der Waals surface area contributed by atoms with Crippen LogP contribution in [0.1, 0.15) is 82.1 Å². The summed E-state index contributed by atoms with van der Waals surface area (Å²) in [5.74, 6) is 1.92. The van der Waals surface area contributed by atoms with Crippen LogP contribution in [-0.2, 0) is 4.79 Å². The van der Waals surface area contributed by atoms with Gasteiger partial charge >= 0.3 is 0 Å². The van der Waals surface area contributed by atoms with Crippen molar-refractivity contribution < 1.29 is 9.32 Å². The van der Waals surface area contributed by atoms with Crippen molar-refractivity contribution in [3.8, 4) is 11.4 Å². The van der Waals surface area contributed by atoms with E-state index < -0.39 is 0 Å². The lowest BCUT2D eigenvalue weighted by Gasteiger charge is -2.30. The second-order valence-electron chi connectivity index (χ2n) is 8.00. The minimum absolute atomic E-state index is 0.254. The zero-order chi connectivity index (χ0) is 19.8. The maximum atomic E-state index is 12.4. The van der Waals surface area contributed by atoms with Crippen molar-refractivity contribution in [1.29, 1.82) is 0 Å². The molecule has 0 saturated carbocycles. The van der Waals surface area contributed by atoms with E-state index in [-0.39, 0.29) is 5.92 Å². The van der Waals surface area contributed by atoms with Crippen molar-refractivity contribution in [1.82, 2.24) is 15.0 Å². The van der Waals surface area contributed by atoms with E-state index in [0.29, 0.717) is 24.0 Å². The molecule has 0 radical (unpaired) electrons. The molecule has 5 nitrogen and oxygen atoms in total. The van der Waals surface area contributed by atoms with Crippen LogP contribution in [0.2, 0.25) is 0 Å². The maximum Gasteiger partial charge on any atom is 0.230 e. The summed E-state index contributed by atoms with van der Waals surface area (Å²) in [5, 5.41) is 4.15. The van der Waals surface area contributed by atoms with E-state index >= 15 is 0 Å². The lowest BCUT2D eigenvalue weighted by molar-refractivity contribution is -0.132. The Bertz CT molecular complexity index is 731. The molecular weight excluding hydrogens is 350 g/mol. The Morgan fingerprint density at radius 2 is 1.75 bits per heavy atom. The number of hydrogen-bond acceptors (Lipinski definition) is 4. The number of rotatable bonds is 9. The van der Waals surface area contributed by atoms with Crippen LogP contribution in [-0.4, -0.2) is 34.0 Å². The lowest BCUT2D eigenvalue weighted by atomic mass is 9.96. The van der Waals surface area contributed by atoms with Gasteiger partial charge in [0.05, 0.1) is 0 Å². The summed E-state index contributed by atoms with van der Waals surface area (Å²) in [5.41, 5.74) is 2.19. The van der Waals surface area contributed by atoms with Gasteiger partial charge in [0.15, 0.2) is 0 Å². The fourth-order valence-corrected chi connectivity index (χ4v) is 3.81. The molecule has 0 N–H and O–H groups in total. The van der Waals surface area contributed by atoms with Crippen molar-refractivity contribution in [3.63, 3.8) is 0 Å². The highest BCUT2D eigenvalue weighted by molar-refractivity contribution is 5.76. The molecule has 1 aromatic carbocycles. The monoisotopic (exact) mass is 383 g/mol. The van der Waals surface area contributed by atoms with E-state index in [1.165, 1.54) is 37.7 Å². The largest absolute Gasteiger partial charge is 0.343 e. The number of nitrogens with zero attached hydrogens (tertiary/aromatic N) is 3. The molecule has 152 valence electrons. The summed E-state index contributed by atoms with van der Waals surface area (Å²) in [6.45, 7) is 5.88. The van der Waals surface area contributed by atoms with Crippen LogP contribution in [0.15, 0.2) is 28.8 Å². The SMILES string of the molecule is CCCCCCCCC(=O)N1CCC(c2nc(-c3ccc(C)cc3)no2)CC1. The van der Waals surface area contributed by atoms with Crippen molar-refractivity contribution >= 4 is 5.91 Å². The molecule has 1 aliphatic rings. The number of amides is 1. The zero-order valence-electron chi connectivity index (χ0n) is 17.3. The first-order valence-electron chi connectivity index (χ1n) is 10.9. The van der Waals surface area contributed by atoms with Crippen molar-refractivity contribution in [3.05, 3.63) is 35.7 Å². The third kappa shape index (κ3) is 5.66. The van der Waals surface area contributed by atoms with Crippen molar-refractivity contribution in [2.24, 2.45) is 0 Å². The Kier molecular flexibility index (Phi) is 7.63. The van der Waals surface area contributed by atoms with Crippen LogP contribution in [0.5, 0.6) is 0 Å². The van der Waals surface area contributed by atoms with E-state index in [0.717, 1.165) is 37.9 Å². The number of likely N-dealkylation sites (tertiary alicyclic amines) is 1. The van der Waals surface area contributed by atoms with Gasteiger partial charge in [-0.05, 0) is 26.2 Å². The number of benzene rings is 1. The van der Waals surface area contributed by atoms with Crippen molar-refractivity contribution in [2.45, 2.75) is 77.6 Å². The number of aromatic nitrogens is 2. The second-order valence-corrected chi connectivity index (χ2v) is 8.00. The summed E-state index contributed by atoms with van der Waals surface area (Å²) >= 11 is 0. The predicted molar refractivity (Wildman–Crippen MR) is 111 cm³/mol. The molecule has 5 heteroatoms. The zero-order valence-corrected chi connectivity index (χ0v) is 17.3. The molecule has 1 aliphatic heterocycles. The predicted octanol–water partition coefficient (Wildman–Crippen LogP) is 5.50. The maximum absolute atomic E-state index is 12.4. The highest BCUT2D eigenvalue weighted by Crippen LogP contribution is 2.29. The highest BCUT2D eigenvalue weighted by Gasteiger charge is 2.27. The van der Waals surface area contributed by atoms with Crippen LogP contribution in [0.25, 0.3) is 11.4 Å². The molecule has 1 amide bonds. The molecule has 0 bridgehead atoms. The van der Waals surface area contributed by atoms with Gasteiger partial charge in [-0.15, -0.1) is 0 Å². The van der Waals surface area contributed by atoms with E-state index in [9.17, 15) is 4.79 Å². The van der Waals surface area contributed by atoms with Gasteiger partial charge in [-0.3, -0.25) is 4.79 Å². The van der Waals surface area contributed by atoms with Crippen molar-refractivity contribution in [2.75, 3.05) is 13.1 Å². The highest BCUT2D eigenvalue weighted by atomic mass is 16.5. The molecule has 0 unspecified atom stereocenters. The van der Waals surface area contributed by atoms with E-state index in [1.54, 1.807) is 0 Å². The summed E-state index contributed by atoms with van der Waals surface area (Å²) in [6.07, 6.45) is 9.81. The Morgan fingerprint density at radius 3 is 2.46 bits per heavy atom. The number of unbranched alkanes of at least 4 members (excludes halogenated alkanes) is 5. The number of carbonyl (C=O) groups excluding carboxylic acids is 1. The average Bonchev–Trinajstić information content (AvgIpc) is 3.21. The molecular formula is C23H33N3O2. The van der Waals surface area contributed by atoms with Gasteiger partial charge in [-0.1, -0.05) is 74.0 Å². The van der Waals surface area contributed by atoms with Gasteiger partial charge in [-0.25, -0.2) is 0 Å². The number of piperidine rings is 1. The summed E-state index contributed by atoms with van der Waals surface area (Å²) in [6, 6.07) is 8.15. The third-order valence-electron chi connectivity index (χ3n) is 5.69. The molecule has 0 atom stereocenters. The van der Waals surface area contributed by atoms with Crippen LogP contribution in [0.4, 0.5) is 0 Å². The number of hydrogen-bond donors (Lipinski definition) is 0. The van der Waals surface area contributed by atoms with E-state index in [1.807, 2.05) is 17.0 Å². The molecule has 2 heterocycles. The fourth-order valence-electron chi connectivity index (χ4n) is 3.81. The number of carbonyl (C=O) groups is 1. The van der Waals surface area contributed by atoms with Crippen LogP contribution >= 0.6 is 0 Å². The smallest absolute Gasteiger partial charge is 0.230 e. The molecule has 0 spiro atoms. The molecule has 2 aromatic rings. The first-order valence-corrected chi connectivity index (χ1v) is 10.9. The van der Waals surface area contributed by atoms with Gasteiger partial charge < -0.3 is 9.42 Å². The van der Waals surface area contributed by atoms with Gasteiger partial charge in [0.2, 0.25) is 17.6 Å². The topological polar surface area (TPSA) is 59.2 Å². The van der Waals surface area contributed by atoms with Crippen LogP contribution < -0.4 is 0 Å². The molecule has 1 aromatic heterocycles. The third-order valence-corrected chi connectivity index (χ3v) is 5.69. The summed E-state index contributed by atoms with van der Waals surface area (Å²) in [4.78, 5) is 19.0. The molecule has 1 saturated heterocycles. The van der Waals surface area contributed by atoms with Gasteiger partial charge in [0.25, 0.3) is 0 Å². The standard InChI is InChI=1S/C23H33N3O2/c1-3-4-5-6-7-8-9-21(27)26-16-14-20(15-17-26)23-24-22(25-28-23)19-12-10-18(2)11-13-19/h10-13,20H,3-9,14-17H2,1-2H3. The van der Waals surface area contributed by atoms with Gasteiger partial charge in [-0.2, -0.15) is 4.98 Å².